The molecule has 1 aromatic rings. The third-order valence-corrected chi connectivity index (χ3v) is 5.76. The van der Waals surface area contributed by atoms with Crippen LogP contribution in [0.15, 0.2) is 10.7 Å². The summed E-state index contributed by atoms with van der Waals surface area (Å²) in [6.07, 6.45) is 9.47. The van der Waals surface area contributed by atoms with Gasteiger partial charge in [0.15, 0.2) is 5.89 Å². The summed E-state index contributed by atoms with van der Waals surface area (Å²) in [5.41, 5.74) is 0.552. The lowest BCUT2D eigenvalue weighted by Gasteiger charge is -2.54. The molecule has 0 spiro atoms. The maximum atomic E-state index is 10.7. The van der Waals surface area contributed by atoms with E-state index in [2.05, 4.69) is 4.98 Å². The minimum atomic E-state index is -0.848. The van der Waals surface area contributed by atoms with E-state index in [0.717, 1.165) is 41.9 Å². The lowest BCUT2D eigenvalue weighted by Crippen LogP contribution is -2.45. The van der Waals surface area contributed by atoms with Gasteiger partial charge in [-0.2, -0.15) is 0 Å². The molecule has 4 heteroatoms. The molecule has 0 saturated heterocycles. The lowest BCUT2D eigenvalue weighted by molar-refractivity contribution is -0.136. The normalized spacial score (nSPS) is 38.3. The van der Waals surface area contributed by atoms with Crippen LogP contribution >= 0.6 is 0 Å². The van der Waals surface area contributed by atoms with Gasteiger partial charge in [-0.1, -0.05) is 0 Å². The molecule has 1 N–H and O–H groups in total. The molecular weight excluding hydrogens is 254 g/mol. The van der Waals surface area contributed by atoms with Crippen LogP contribution in [0, 0.1) is 29.6 Å². The average molecular weight is 275 g/mol. The van der Waals surface area contributed by atoms with Crippen LogP contribution in [0.2, 0.25) is 0 Å². The summed E-state index contributed by atoms with van der Waals surface area (Å²) in [6.45, 7) is 0. The minimum absolute atomic E-state index is 0.0365. The molecule has 0 amide bonds. The SMILES string of the molecule is O=C(O)Cc1coc(CC2C3CC4CC(C3)CC2C4)n1. The van der Waals surface area contributed by atoms with Crippen molar-refractivity contribution in [2.75, 3.05) is 0 Å². The van der Waals surface area contributed by atoms with Gasteiger partial charge in [0.2, 0.25) is 0 Å². The van der Waals surface area contributed by atoms with Crippen LogP contribution in [0.3, 0.4) is 0 Å². The molecule has 1 heterocycles. The van der Waals surface area contributed by atoms with Crippen molar-refractivity contribution in [1.29, 1.82) is 0 Å². The van der Waals surface area contributed by atoms with E-state index in [1.165, 1.54) is 38.4 Å². The van der Waals surface area contributed by atoms with Crippen LogP contribution < -0.4 is 0 Å². The fraction of sp³-hybridized carbons (Fsp3) is 0.750. The standard InChI is InChI=1S/C16H21NO3/c18-16(19)6-13-8-20-15(17-13)7-14-11-2-9-1-10(4-11)5-12(14)3-9/h8-12,14H,1-7H2,(H,18,19). The molecule has 4 fully saturated rings. The van der Waals surface area contributed by atoms with E-state index in [4.69, 9.17) is 9.52 Å². The smallest absolute Gasteiger partial charge is 0.309 e. The van der Waals surface area contributed by atoms with Gasteiger partial charge in [0.1, 0.15) is 6.26 Å². The van der Waals surface area contributed by atoms with Crippen molar-refractivity contribution >= 4 is 5.97 Å². The molecule has 0 aliphatic heterocycles. The second-order valence-electron chi connectivity index (χ2n) is 7.10. The third kappa shape index (κ3) is 2.15. The quantitative estimate of drug-likeness (QED) is 0.917. The molecular formula is C16H21NO3. The van der Waals surface area contributed by atoms with Crippen molar-refractivity contribution in [3.05, 3.63) is 17.8 Å². The molecule has 0 radical (unpaired) electrons. The highest BCUT2D eigenvalue weighted by Gasteiger charge is 2.48. The maximum absolute atomic E-state index is 10.7. The molecule has 4 aliphatic rings. The van der Waals surface area contributed by atoms with Gasteiger partial charge in [0, 0.05) is 6.42 Å². The largest absolute Gasteiger partial charge is 0.481 e. The number of aromatic nitrogens is 1. The predicted molar refractivity (Wildman–Crippen MR) is 72.1 cm³/mol. The zero-order chi connectivity index (χ0) is 13.7. The summed E-state index contributed by atoms with van der Waals surface area (Å²) in [4.78, 5) is 15.0. The van der Waals surface area contributed by atoms with Crippen molar-refractivity contribution in [2.45, 2.75) is 44.9 Å². The van der Waals surface area contributed by atoms with Crippen LogP contribution in [0.4, 0.5) is 0 Å². The second-order valence-corrected chi connectivity index (χ2v) is 7.10. The van der Waals surface area contributed by atoms with Crippen LogP contribution in [0.1, 0.15) is 43.7 Å². The van der Waals surface area contributed by atoms with Gasteiger partial charge in [-0.25, -0.2) is 4.98 Å². The number of carboxylic acids is 1. The van der Waals surface area contributed by atoms with Crippen molar-refractivity contribution in [3.8, 4) is 0 Å². The summed E-state index contributed by atoms with van der Waals surface area (Å²) in [5.74, 6) is 4.32. The van der Waals surface area contributed by atoms with Gasteiger partial charge in [-0.05, 0) is 61.7 Å². The van der Waals surface area contributed by atoms with E-state index in [1.807, 2.05) is 0 Å². The summed E-state index contributed by atoms with van der Waals surface area (Å²) in [7, 11) is 0. The van der Waals surface area contributed by atoms with Crippen LogP contribution in [0.5, 0.6) is 0 Å². The van der Waals surface area contributed by atoms with Gasteiger partial charge in [0.25, 0.3) is 0 Å². The molecule has 4 nitrogen and oxygen atoms in total. The Morgan fingerprint density at radius 1 is 1.20 bits per heavy atom. The van der Waals surface area contributed by atoms with E-state index in [0.29, 0.717) is 5.69 Å². The molecule has 20 heavy (non-hydrogen) atoms. The number of carboxylic acid groups (broad SMARTS) is 1. The Morgan fingerprint density at radius 3 is 2.45 bits per heavy atom. The average Bonchev–Trinajstić information content (AvgIpc) is 2.79. The Labute approximate surface area is 118 Å². The summed E-state index contributed by atoms with van der Waals surface area (Å²) in [5, 5.41) is 8.78. The number of rotatable bonds is 4. The summed E-state index contributed by atoms with van der Waals surface area (Å²) < 4.78 is 5.50. The van der Waals surface area contributed by atoms with Crippen molar-refractivity contribution in [1.82, 2.24) is 4.98 Å². The number of carbonyl (C=O) groups is 1. The Kier molecular flexibility index (Phi) is 2.86. The van der Waals surface area contributed by atoms with E-state index in [9.17, 15) is 4.79 Å². The van der Waals surface area contributed by atoms with Gasteiger partial charge < -0.3 is 9.52 Å². The van der Waals surface area contributed by atoms with E-state index in [-0.39, 0.29) is 6.42 Å². The van der Waals surface area contributed by atoms with Crippen LogP contribution in [-0.2, 0) is 17.6 Å². The highest BCUT2D eigenvalue weighted by molar-refractivity contribution is 5.69. The lowest BCUT2D eigenvalue weighted by atomic mass is 9.51. The van der Waals surface area contributed by atoms with Gasteiger partial charge in [-0.3, -0.25) is 4.79 Å². The fourth-order valence-electron chi connectivity index (χ4n) is 5.25. The monoisotopic (exact) mass is 275 g/mol. The molecule has 5 rings (SSSR count). The number of hydrogen-bond donors (Lipinski definition) is 1. The fourth-order valence-corrected chi connectivity index (χ4v) is 5.25. The van der Waals surface area contributed by atoms with Gasteiger partial charge in [-0.15, -0.1) is 0 Å². The molecule has 4 bridgehead atoms. The molecule has 4 aliphatic carbocycles. The molecule has 0 unspecified atom stereocenters. The first-order valence-electron chi connectivity index (χ1n) is 7.82. The maximum Gasteiger partial charge on any atom is 0.309 e. The number of aliphatic carboxylic acids is 1. The highest BCUT2D eigenvalue weighted by Crippen LogP contribution is 2.57. The summed E-state index contributed by atoms with van der Waals surface area (Å²) in [6, 6.07) is 0. The number of oxazole rings is 1. The summed E-state index contributed by atoms with van der Waals surface area (Å²) >= 11 is 0. The molecule has 0 aromatic carbocycles. The Morgan fingerprint density at radius 2 is 1.85 bits per heavy atom. The molecule has 1 aromatic heterocycles. The van der Waals surface area contributed by atoms with Crippen molar-refractivity contribution in [3.63, 3.8) is 0 Å². The third-order valence-electron chi connectivity index (χ3n) is 5.76. The minimum Gasteiger partial charge on any atom is -0.481 e. The van der Waals surface area contributed by atoms with Crippen LogP contribution in [-0.4, -0.2) is 16.1 Å². The van der Waals surface area contributed by atoms with Gasteiger partial charge in [0.05, 0.1) is 12.1 Å². The van der Waals surface area contributed by atoms with Crippen molar-refractivity contribution in [2.24, 2.45) is 29.6 Å². The Bertz CT molecular complexity index is 494. The topological polar surface area (TPSA) is 63.3 Å². The number of nitrogens with zero attached hydrogens (tertiary/aromatic N) is 1. The Balaban J connectivity index is 1.46. The van der Waals surface area contributed by atoms with E-state index >= 15 is 0 Å². The number of hydrogen-bond acceptors (Lipinski definition) is 3. The van der Waals surface area contributed by atoms with Crippen molar-refractivity contribution < 1.29 is 14.3 Å². The molecule has 108 valence electrons. The van der Waals surface area contributed by atoms with E-state index in [1.54, 1.807) is 0 Å². The zero-order valence-corrected chi connectivity index (χ0v) is 11.6. The highest BCUT2D eigenvalue weighted by atomic mass is 16.4. The molecule has 4 saturated carbocycles. The predicted octanol–water partition coefficient (Wildman–Crippen LogP) is 2.92. The zero-order valence-electron chi connectivity index (χ0n) is 11.6. The van der Waals surface area contributed by atoms with E-state index < -0.39 is 5.97 Å². The first-order valence-corrected chi connectivity index (χ1v) is 7.82. The first-order chi connectivity index (χ1) is 9.67. The van der Waals surface area contributed by atoms with Crippen LogP contribution in [0.25, 0.3) is 0 Å². The van der Waals surface area contributed by atoms with Gasteiger partial charge >= 0.3 is 5.97 Å². The first kappa shape index (κ1) is 12.4. The second kappa shape index (κ2) is 4.61. The molecule has 0 atom stereocenters. The Hall–Kier alpha value is -1.32.